The normalized spacial score (nSPS) is 6.75. The Hall–Kier alpha value is 0.880. The Balaban J connectivity index is -0.000000125. The van der Waals surface area contributed by atoms with E-state index < -0.39 is 0 Å². The van der Waals surface area contributed by atoms with Crippen LogP contribution in [-0.4, -0.2) is 28.9 Å². The van der Waals surface area contributed by atoms with Crippen molar-refractivity contribution in [2.45, 2.75) is 12.8 Å². The smallest absolute Gasteiger partial charge is 0.870 e. The van der Waals surface area contributed by atoms with Crippen molar-refractivity contribution in [3.05, 3.63) is 0 Å². The Morgan fingerprint density at radius 3 is 1.25 bits per heavy atom. The van der Waals surface area contributed by atoms with Crippen molar-refractivity contribution < 1.29 is 45.2 Å². The van der Waals surface area contributed by atoms with E-state index in [1.165, 1.54) is 0 Å². The zero-order valence-electron chi connectivity index (χ0n) is 5.17. The van der Waals surface area contributed by atoms with E-state index in [2.05, 4.69) is 0 Å². The standard InChI is InChI=1S/C4H10O2.Na.H2O/c5-3-1-2-4-6;;/h5-6H,1-4H2;;1H2/q;+1;/p-1. The zero-order valence-corrected chi connectivity index (χ0v) is 7.17. The molecule has 0 aromatic carbocycles. The molecule has 46 valence electrons. The van der Waals surface area contributed by atoms with Crippen molar-refractivity contribution in [3.8, 4) is 0 Å². The van der Waals surface area contributed by atoms with Gasteiger partial charge in [0.25, 0.3) is 0 Å². The summed E-state index contributed by atoms with van der Waals surface area (Å²) in [5.74, 6) is 0. The first kappa shape index (κ1) is 15.9. The third kappa shape index (κ3) is 15.8. The van der Waals surface area contributed by atoms with E-state index in [4.69, 9.17) is 10.2 Å². The SMILES string of the molecule is OCCCCO.[Na+].[OH-]. The van der Waals surface area contributed by atoms with Gasteiger partial charge in [0.2, 0.25) is 0 Å². The van der Waals surface area contributed by atoms with Crippen molar-refractivity contribution >= 4 is 0 Å². The largest absolute Gasteiger partial charge is 1.00 e. The molecule has 0 aromatic heterocycles. The predicted octanol–water partition coefficient (Wildman–Crippen LogP) is -3.42. The second kappa shape index (κ2) is 15.7. The number of unbranched alkanes of at least 4 members (excludes halogenated alkanes) is 1. The van der Waals surface area contributed by atoms with Crippen molar-refractivity contribution in [2.24, 2.45) is 0 Å². The number of aliphatic hydroxyl groups is 2. The fourth-order valence-electron chi connectivity index (χ4n) is 0.224. The maximum Gasteiger partial charge on any atom is 1.00 e. The number of rotatable bonds is 3. The molecule has 0 saturated heterocycles. The molecule has 8 heavy (non-hydrogen) atoms. The van der Waals surface area contributed by atoms with Gasteiger partial charge in [-0.25, -0.2) is 0 Å². The topological polar surface area (TPSA) is 70.5 Å². The molecule has 0 rings (SSSR count). The van der Waals surface area contributed by atoms with Crippen LogP contribution in [0.3, 0.4) is 0 Å². The van der Waals surface area contributed by atoms with Gasteiger partial charge in [0.1, 0.15) is 0 Å². The maximum absolute atomic E-state index is 8.09. The molecule has 0 aliphatic carbocycles. The summed E-state index contributed by atoms with van der Waals surface area (Å²) < 4.78 is 0. The van der Waals surface area contributed by atoms with E-state index in [0.717, 1.165) is 12.8 Å². The zero-order chi connectivity index (χ0) is 4.83. The average Bonchev–Trinajstić information content (AvgIpc) is 1.61. The van der Waals surface area contributed by atoms with Crippen molar-refractivity contribution in [1.29, 1.82) is 0 Å². The second-order valence-corrected chi connectivity index (χ2v) is 1.15. The van der Waals surface area contributed by atoms with Gasteiger partial charge in [-0.05, 0) is 12.8 Å². The number of hydrogen-bond acceptors (Lipinski definition) is 3. The first-order valence-corrected chi connectivity index (χ1v) is 2.13. The molecule has 0 unspecified atom stereocenters. The van der Waals surface area contributed by atoms with Crippen LogP contribution in [-0.2, 0) is 0 Å². The second-order valence-electron chi connectivity index (χ2n) is 1.15. The minimum Gasteiger partial charge on any atom is -0.870 e. The first-order valence-electron chi connectivity index (χ1n) is 2.13. The molecule has 0 saturated carbocycles. The van der Waals surface area contributed by atoms with Crippen LogP contribution in [0, 0.1) is 0 Å². The van der Waals surface area contributed by atoms with E-state index >= 15 is 0 Å². The monoisotopic (exact) mass is 130 g/mol. The van der Waals surface area contributed by atoms with Gasteiger partial charge in [0, 0.05) is 13.2 Å². The van der Waals surface area contributed by atoms with Gasteiger partial charge in [-0.2, -0.15) is 0 Å². The fourth-order valence-corrected chi connectivity index (χ4v) is 0.224. The minimum atomic E-state index is 0. The van der Waals surface area contributed by atoms with E-state index in [1.54, 1.807) is 0 Å². The van der Waals surface area contributed by atoms with Crippen molar-refractivity contribution in [1.82, 2.24) is 0 Å². The van der Waals surface area contributed by atoms with Crippen LogP contribution in [0.2, 0.25) is 0 Å². The first-order chi connectivity index (χ1) is 2.91. The van der Waals surface area contributed by atoms with Crippen LogP contribution in [0.4, 0.5) is 0 Å². The maximum atomic E-state index is 8.09. The summed E-state index contributed by atoms with van der Waals surface area (Å²) in [4.78, 5) is 0. The van der Waals surface area contributed by atoms with Gasteiger partial charge >= 0.3 is 29.6 Å². The Morgan fingerprint density at radius 2 is 1.12 bits per heavy atom. The molecule has 0 aromatic rings. The van der Waals surface area contributed by atoms with E-state index in [0.29, 0.717) is 0 Å². The van der Waals surface area contributed by atoms with E-state index in [1.807, 2.05) is 0 Å². The van der Waals surface area contributed by atoms with Gasteiger partial charge < -0.3 is 15.7 Å². The summed E-state index contributed by atoms with van der Waals surface area (Å²) in [6, 6.07) is 0. The van der Waals surface area contributed by atoms with Crippen LogP contribution < -0.4 is 29.6 Å². The van der Waals surface area contributed by atoms with E-state index in [9.17, 15) is 0 Å². The van der Waals surface area contributed by atoms with Crippen LogP contribution in [0.1, 0.15) is 12.8 Å². The molecular weight excluding hydrogens is 119 g/mol. The number of aliphatic hydroxyl groups excluding tert-OH is 2. The minimum absolute atomic E-state index is 0. The summed E-state index contributed by atoms with van der Waals surface area (Å²) in [5, 5.41) is 16.2. The third-order valence-corrected chi connectivity index (χ3v) is 0.566. The van der Waals surface area contributed by atoms with Gasteiger partial charge in [0.15, 0.2) is 0 Å². The fraction of sp³-hybridized carbons (Fsp3) is 1.00. The van der Waals surface area contributed by atoms with Crippen molar-refractivity contribution in [3.63, 3.8) is 0 Å². The summed E-state index contributed by atoms with van der Waals surface area (Å²) in [6.07, 6.45) is 1.44. The van der Waals surface area contributed by atoms with Crippen LogP contribution in [0.5, 0.6) is 0 Å². The van der Waals surface area contributed by atoms with Crippen molar-refractivity contribution in [2.75, 3.05) is 13.2 Å². The molecule has 0 heterocycles. The summed E-state index contributed by atoms with van der Waals surface area (Å²) >= 11 is 0. The molecule has 0 fully saturated rings. The molecule has 3 N–H and O–H groups in total. The van der Waals surface area contributed by atoms with E-state index in [-0.39, 0.29) is 48.2 Å². The Bertz CT molecular complexity index is 23.2. The predicted molar refractivity (Wildman–Crippen MR) is 25.3 cm³/mol. The Kier molecular flexibility index (Phi) is 31.2. The van der Waals surface area contributed by atoms with Gasteiger partial charge in [-0.15, -0.1) is 0 Å². The van der Waals surface area contributed by atoms with Gasteiger partial charge in [-0.1, -0.05) is 0 Å². The summed E-state index contributed by atoms with van der Waals surface area (Å²) in [5.41, 5.74) is 0. The molecular formula is C4H11NaO3. The molecule has 3 nitrogen and oxygen atoms in total. The Morgan fingerprint density at radius 1 is 0.875 bits per heavy atom. The van der Waals surface area contributed by atoms with Gasteiger partial charge in [0.05, 0.1) is 0 Å². The molecule has 0 radical (unpaired) electrons. The Labute approximate surface area is 71.3 Å². The molecule has 0 atom stereocenters. The third-order valence-electron chi connectivity index (χ3n) is 0.566. The summed E-state index contributed by atoms with van der Waals surface area (Å²) in [7, 11) is 0. The molecule has 0 amide bonds. The van der Waals surface area contributed by atoms with Crippen LogP contribution >= 0.6 is 0 Å². The molecule has 0 aliphatic rings. The average molecular weight is 130 g/mol. The van der Waals surface area contributed by atoms with Crippen LogP contribution in [0.25, 0.3) is 0 Å². The summed E-state index contributed by atoms with van der Waals surface area (Å²) in [6.45, 7) is 0.390. The molecule has 4 heteroatoms. The van der Waals surface area contributed by atoms with Crippen LogP contribution in [0.15, 0.2) is 0 Å². The molecule has 0 bridgehead atoms. The number of hydrogen-bond donors (Lipinski definition) is 2. The molecule has 0 aliphatic heterocycles. The van der Waals surface area contributed by atoms with Gasteiger partial charge in [-0.3, -0.25) is 0 Å². The molecule has 0 spiro atoms. The quantitative estimate of drug-likeness (QED) is 0.309.